The topological polar surface area (TPSA) is 35.0 Å². The van der Waals surface area contributed by atoms with Crippen LogP contribution in [0.5, 0.6) is 5.88 Å². The number of rotatable bonds is 1. The summed E-state index contributed by atoms with van der Waals surface area (Å²) in [4.78, 5) is 0. The molecule has 8 heavy (non-hydrogen) atoms. The van der Waals surface area contributed by atoms with Gasteiger partial charge in [-0.2, -0.15) is 4.37 Å². The zero-order chi connectivity index (χ0) is 5.11. The fourth-order valence-electron chi connectivity index (χ4n) is 0.220. The number of aromatic nitrogens is 2. The van der Waals surface area contributed by atoms with E-state index in [-0.39, 0.29) is 51.4 Å². The van der Waals surface area contributed by atoms with E-state index in [1.54, 1.807) is 0 Å². The predicted molar refractivity (Wildman–Crippen MR) is 25.3 cm³/mol. The van der Waals surface area contributed by atoms with Gasteiger partial charge >= 0.3 is 51.4 Å². The van der Waals surface area contributed by atoms with E-state index in [0.29, 0.717) is 5.88 Å². The molecule has 0 bridgehead atoms. The van der Waals surface area contributed by atoms with E-state index >= 15 is 0 Å². The molecule has 1 aromatic rings. The van der Waals surface area contributed by atoms with Gasteiger partial charge in [-0.05, 0) is 0 Å². The number of hydrogen-bond donors (Lipinski definition) is 0. The molecule has 3 nitrogen and oxygen atoms in total. The van der Waals surface area contributed by atoms with Gasteiger partial charge in [-0.15, -0.1) is 0 Å². The average Bonchev–Trinajstić information content (AvgIpc) is 2.14. The van der Waals surface area contributed by atoms with Gasteiger partial charge in [-0.3, -0.25) is 6.20 Å². The quantitative estimate of drug-likeness (QED) is 0.327. The molecule has 0 saturated heterocycles. The summed E-state index contributed by atoms with van der Waals surface area (Å²) in [6.07, 6.45) is 2.52. The molecule has 0 aromatic carbocycles. The zero-order valence-electron chi connectivity index (χ0n) is 4.71. The molecule has 0 spiro atoms. The van der Waals surface area contributed by atoms with Crippen LogP contribution < -0.4 is 56.1 Å². The van der Waals surface area contributed by atoms with Crippen molar-refractivity contribution >= 4 is 11.7 Å². The maximum absolute atomic E-state index is 4.64. The molecule has 0 saturated carbocycles. The molecule has 0 aliphatic heterocycles. The van der Waals surface area contributed by atoms with Gasteiger partial charge in [0.1, 0.15) is 0 Å². The largest absolute Gasteiger partial charge is 1.00 e. The van der Waals surface area contributed by atoms with Crippen molar-refractivity contribution in [3.05, 3.63) is 6.20 Å². The van der Waals surface area contributed by atoms with Crippen LogP contribution in [0.15, 0.2) is 0 Å². The Balaban J connectivity index is 0.000000490. The Labute approximate surface area is 94.2 Å². The molecule has 0 N–H and O–H groups in total. The van der Waals surface area contributed by atoms with Gasteiger partial charge < -0.3 is 9.11 Å². The summed E-state index contributed by atoms with van der Waals surface area (Å²) < 4.78 is 11.9. The Bertz CT molecular complexity index is 132. The number of ether oxygens (including phenoxy) is 1. The van der Waals surface area contributed by atoms with Crippen LogP contribution in [0.2, 0.25) is 0 Å². The van der Waals surface area contributed by atoms with Crippen molar-refractivity contribution in [2.24, 2.45) is 0 Å². The monoisotopic (exact) mass is 154 g/mol. The van der Waals surface area contributed by atoms with Gasteiger partial charge in [0.2, 0.25) is 0 Å². The van der Waals surface area contributed by atoms with Crippen molar-refractivity contribution in [2.45, 2.75) is 0 Å². The molecule has 1 rings (SSSR count). The van der Waals surface area contributed by atoms with Gasteiger partial charge in [-0.25, -0.2) is 0 Å². The van der Waals surface area contributed by atoms with E-state index in [1.165, 1.54) is 7.11 Å². The zero-order valence-corrected chi connectivity index (χ0v) is 8.65. The summed E-state index contributed by atoms with van der Waals surface area (Å²) in [6, 6.07) is 0. The number of nitrogens with zero attached hydrogens (tertiary/aromatic N) is 2. The molecule has 0 aliphatic carbocycles. The van der Waals surface area contributed by atoms with Crippen LogP contribution in [0.25, 0.3) is 0 Å². The molecule has 0 unspecified atom stereocenters. The Morgan fingerprint density at radius 1 is 1.75 bits per heavy atom. The summed E-state index contributed by atoms with van der Waals surface area (Å²) >= 11 is 1.08. The van der Waals surface area contributed by atoms with Crippen LogP contribution in [0.4, 0.5) is 0 Å². The Hall–Kier alpha value is 0.996. The predicted octanol–water partition coefficient (Wildman–Crippen LogP) is -2.65. The molecule has 1 aromatic heterocycles. The first-order chi connectivity index (χ1) is 3.43. The first-order valence-electron chi connectivity index (χ1n) is 1.67. The number of methoxy groups -OCH3 is 1. The molecule has 5 heteroatoms. The van der Waals surface area contributed by atoms with Crippen molar-refractivity contribution < 1.29 is 56.1 Å². The summed E-state index contributed by atoms with van der Waals surface area (Å²) in [5, 5.41) is 0. The first kappa shape index (κ1) is 9.00. The summed E-state index contributed by atoms with van der Waals surface area (Å²) in [5.74, 6) is 0.463. The molecule has 0 fully saturated rings. The van der Waals surface area contributed by atoms with Gasteiger partial charge in [0.15, 0.2) is 0 Å². The minimum Gasteiger partial charge on any atom is -0.512 e. The fraction of sp³-hybridized carbons (Fsp3) is 0.333. The second kappa shape index (κ2) is 4.84. The normalized spacial score (nSPS) is 7.62. The molecule has 0 atom stereocenters. The first-order valence-corrected chi connectivity index (χ1v) is 2.41. The second-order valence-electron chi connectivity index (χ2n) is 0.885. The Morgan fingerprint density at radius 3 is 2.75 bits per heavy atom. The summed E-state index contributed by atoms with van der Waals surface area (Å²) in [7, 11) is 1.53. The van der Waals surface area contributed by atoms with Crippen LogP contribution >= 0.6 is 11.7 Å². The van der Waals surface area contributed by atoms with Gasteiger partial charge in [0.25, 0.3) is 0 Å². The third kappa shape index (κ3) is 2.52. The average molecular weight is 154 g/mol. The van der Waals surface area contributed by atoms with Gasteiger partial charge in [-0.1, -0.05) is 0 Å². The van der Waals surface area contributed by atoms with Crippen molar-refractivity contribution in [1.82, 2.24) is 8.75 Å². The molecule has 38 valence electrons. The van der Waals surface area contributed by atoms with E-state index in [9.17, 15) is 0 Å². The van der Waals surface area contributed by atoms with Crippen molar-refractivity contribution in [1.29, 1.82) is 0 Å². The smallest absolute Gasteiger partial charge is 0.512 e. The summed E-state index contributed by atoms with van der Waals surface area (Å²) in [5.41, 5.74) is 0. The molecule has 0 radical (unpaired) electrons. The molecular weight excluding hydrogens is 151 g/mol. The van der Waals surface area contributed by atoms with E-state index in [0.717, 1.165) is 11.7 Å². The van der Waals surface area contributed by atoms with E-state index in [4.69, 9.17) is 0 Å². The SMILES string of the molecule is COc1[c-]nsn1.[K+]. The van der Waals surface area contributed by atoms with Crippen LogP contribution in [0, 0.1) is 6.20 Å². The van der Waals surface area contributed by atoms with Gasteiger partial charge in [0, 0.05) is 11.7 Å². The maximum atomic E-state index is 4.64. The van der Waals surface area contributed by atoms with Crippen molar-refractivity contribution in [2.75, 3.05) is 7.11 Å². The number of hydrogen-bond acceptors (Lipinski definition) is 4. The third-order valence-electron chi connectivity index (χ3n) is 0.499. The maximum Gasteiger partial charge on any atom is 1.00 e. The van der Waals surface area contributed by atoms with Crippen molar-refractivity contribution in [3.63, 3.8) is 0 Å². The third-order valence-corrected chi connectivity index (χ3v) is 0.920. The Kier molecular flexibility index (Phi) is 5.44. The van der Waals surface area contributed by atoms with E-state index in [2.05, 4.69) is 19.7 Å². The fourth-order valence-corrected chi connectivity index (χ4v) is 0.570. The molecule has 0 amide bonds. The molecule has 0 aliphatic rings. The summed E-state index contributed by atoms with van der Waals surface area (Å²) in [6.45, 7) is 0. The van der Waals surface area contributed by atoms with Crippen LogP contribution in [-0.4, -0.2) is 15.9 Å². The van der Waals surface area contributed by atoms with Crippen LogP contribution in [-0.2, 0) is 0 Å². The van der Waals surface area contributed by atoms with Crippen LogP contribution in [0.3, 0.4) is 0 Å². The Morgan fingerprint density at radius 2 is 2.50 bits per heavy atom. The second-order valence-corrected chi connectivity index (χ2v) is 1.41. The minimum absolute atomic E-state index is 0. The van der Waals surface area contributed by atoms with E-state index in [1.807, 2.05) is 0 Å². The van der Waals surface area contributed by atoms with Crippen LogP contribution in [0.1, 0.15) is 0 Å². The van der Waals surface area contributed by atoms with Crippen molar-refractivity contribution in [3.8, 4) is 5.88 Å². The standard InChI is InChI=1S/C3H3N2OS.K/c1-6-3-2-4-7-5-3;/h1H3;/q-1;+1. The molecular formula is C3H3KN2OS. The van der Waals surface area contributed by atoms with E-state index < -0.39 is 0 Å². The minimum atomic E-state index is 0. The molecule has 1 heterocycles. The van der Waals surface area contributed by atoms with Gasteiger partial charge in [0.05, 0.1) is 13.0 Å².